The summed E-state index contributed by atoms with van der Waals surface area (Å²) in [5, 5.41) is 6.56. The van der Waals surface area contributed by atoms with Crippen molar-refractivity contribution in [3.63, 3.8) is 0 Å². The number of benzene rings is 1. The predicted molar refractivity (Wildman–Crippen MR) is 137 cm³/mol. The largest absolute Gasteiger partial charge is 0.357 e. The van der Waals surface area contributed by atoms with Crippen LogP contribution in [0.1, 0.15) is 25.5 Å². The highest BCUT2D eigenvalue weighted by Crippen LogP contribution is 2.18. The number of halogens is 2. The molecule has 1 aromatic heterocycles. The van der Waals surface area contributed by atoms with E-state index in [-0.39, 0.29) is 47.2 Å². The van der Waals surface area contributed by atoms with E-state index in [4.69, 9.17) is 0 Å². The second-order valence-corrected chi connectivity index (χ2v) is 9.63. The minimum atomic E-state index is -3.73. The van der Waals surface area contributed by atoms with Crippen LogP contribution in [-0.2, 0) is 9.84 Å². The number of aryl methyl sites for hydroxylation is 1. The van der Waals surface area contributed by atoms with E-state index >= 15 is 0 Å². The molecule has 0 saturated carbocycles. The molecule has 7 nitrogen and oxygen atoms in total. The maximum absolute atomic E-state index is 13.8. The van der Waals surface area contributed by atoms with Gasteiger partial charge in [0, 0.05) is 31.4 Å². The molecule has 0 unspecified atom stereocenters. The van der Waals surface area contributed by atoms with Gasteiger partial charge in [-0.2, -0.15) is 0 Å². The number of hydrogen-bond donors (Lipinski definition) is 2. The Morgan fingerprint density at radius 1 is 1.19 bits per heavy atom. The van der Waals surface area contributed by atoms with Gasteiger partial charge in [0.05, 0.1) is 12.3 Å². The van der Waals surface area contributed by atoms with Crippen molar-refractivity contribution in [1.82, 2.24) is 15.6 Å². The van der Waals surface area contributed by atoms with Crippen molar-refractivity contribution in [3.05, 3.63) is 54.0 Å². The Bertz CT molecular complexity index is 1010. The first kappa shape index (κ1) is 26.3. The van der Waals surface area contributed by atoms with Gasteiger partial charge < -0.3 is 15.5 Å². The van der Waals surface area contributed by atoms with Gasteiger partial charge in [0.25, 0.3) is 0 Å². The van der Waals surface area contributed by atoms with Crippen LogP contribution in [0.3, 0.4) is 0 Å². The number of nitrogens with zero attached hydrogens (tertiary/aromatic N) is 3. The van der Waals surface area contributed by atoms with Crippen LogP contribution in [0.15, 0.2) is 52.4 Å². The Balaban J connectivity index is 0.00000363. The third kappa shape index (κ3) is 7.29. The number of sulfone groups is 1. The molecule has 1 saturated heterocycles. The fraction of sp³-hybridized carbons (Fsp3) is 0.455. The molecule has 1 aromatic carbocycles. The summed E-state index contributed by atoms with van der Waals surface area (Å²) in [4.78, 5) is 11.0. The van der Waals surface area contributed by atoms with Crippen LogP contribution in [0.2, 0.25) is 0 Å². The molecule has 32 heavy (non-hydrogen) atoms. The van der Waals surface area contributed by atoms with Crippen LogP contribution < -0.4 is 15.5 Å². The van der Waals surface area contributed by atoms with E-state index < -0.39 is 15.7 Å². The second-order valence-electron chi connectivity index (χ2n) is 7.55. The highest BCUT2D eigenvalue weighted by atomic mass is 127. The molecule has 3 rings (SSSR count). The van der Waals surface area contributed by atoms with Crippen molar-refractivity contribution < 1.29 is 12.8 Å². The molecule has 2 heterocycles. The normalized spacial score (nSPS) is 15.2. The maximum atomic E-state index is 13.8. The van der Waals surface area contributed by atoms with Gasteiger partial charge in [-0.05, 0) is 51.0 Å². The molecule has 1 fully saturated rings. The number of guanidine groups is 1. The van der Waals surface area contributed by atoms with E-state index in [0.29, 0.717) is 12.5 Å². The number of piperidine rings is 1. The van der Waals surface area contributed by atoms with E-state index in [1.165, 1.54) is 18.2 Å². The van der Waals surface area contributed by atoms with E-state index in [0.717, 1.165) is 43.5 Å². The molecule has 2 aromatic rings. The van der Waals surface area contributed by atoms with E-state index in [1.807, 2.05) is 32.0 Å². The molecule has 176 valence electrons. The summed E-state index contributed by atoms with van der Waals surface area (Å²) in [7, 11) is -3.73. The third-order valence-electron chi connectivity index (χ3n) is 5.18. The molecule has 1 aliphatic heterocycles. The Labute approximate surface area is 206 Å². The molecule has 1 aliphatic rings. The fourth-order valence-corrected chi connectivity index (χ4v) is 4.76. The molecule has 0 radical (unpaired) electrons. The zero-order chi connectivity index (χ0) is 22.3. The first-order valence-corrected chi connectivity index (χ1v) is 12.2. The van der Waals surface area contributed by atoms with Gasteiger partial charge in [-0.25, -0.2) is 17.8 Å². The summed E-state index contributed by atoms with van der Waals surface area (Å²) < 4.78 is 38.7. The van der Waals surface area contributed by atoms with Gasteiger partial charge in [-0.1, -0.05) is 18.2 Å². The van der Waals surface area contributed by atoms with Gasteiger partial charge in [0.2, 0.25) is 0 Å². The lowest BCUT2D eigenvalue weighted by atomic mass is 10.1. The second kappa shape index (κ2) is 12.3. The highest BCUT2D eigenvalue weighted by molar-refractivity contribution is 14.0. The summed E-state index contributed by atoms with van der Waals surface area (Å²) in [6.45, 7) is 6.43. The van der Waals surface area contributed by atoms with Crippen LogP contribution in [-0.4, -0.2) is 57.3 Å². The maximum Gasteiger partial charge on any atom is 0.191 e. The van der Waals surface area contributed by atoms with Gasteiger partial charge in [-0.3, -0.25) is 4.99 Å². The number of nitrogens with one attached hydrogen (secondary N) is 2. The van der Waals surface area contributed by atoms with Crippen LogP contribution >= 0.6 is 24.0 Å². The minimum absolute atomic E-state index is 0. The Kier molecular flexibility index (Phi) is 10.1. The molecule has 0 bridgehead atoms. The van der Waals surface area contributed by atoms with E-state index in [2.05, 4.69) is 25.5 Å². The summed E-state index contributed by atoms with van der Waals surface area (Å²) in [6.07, 6.45) is 1.85. The highest BCUT2D eigenvalue weighted by Gasteiger charge is 2.22. The summed E-state index contributed by atoms with van der Waals surface area (Å²) in [5.74, 6) is 0.601. The fourth-order valence-electron chi connectivity index (χ4n) is 3.56. The average molecular weight is 575 g/mol. The predicted octanol–water partition coefficient (Wildman–Crippen LogP) is 3.14. The van der Waals surface area contributed by atoms with E-state index in [9.17, 15) is 12.8 Å². The van der Waals surface area contributed by atoms with Gasteiger partial charge >= 0.3 is 0 Å². The summed E-state index contributed by atoms with van der Waals surface area (Å²) in [5.41, 5.74) is 1.00. The molecule has 0 aliphatic carbocycles. The van der Waals surface area contributed by atoms with Crippen LogP contribution in [0.5, 0.6) is 0 Å². The topological polar surface area (TPSA) is 86.7 Å². The first-order chi connectivity index (χ1) is 14.9. The lowest BCUT2D eigenvalue weighted by molar-refractivity contribution is 0.459. The molecular weight excluding hydrogens is 544 g/mol. The smallest absolute Gasteiger partial charge is 0.191 e. The lowest BCUT2D eigenvalue weighted by Gasteiger charge is -2.34. The summed E-state index contributed by atoms with van der Waals surface area (Å²) in [6, 6.07) is 11.7. The Hall–Kier alpha value is -1.95. The van der Waals surface area contributed by atoms with Crippen molar-refractivity contribution in [3.8, 4) is 0 Å². The van der Waals surface area contributed by atoms with Crippen molar-refractivity contribution >= 4 is 45.6 Å². The van der Waals surface area contributed by atoms with Crippen molar-refractivity contribution in [1.29, 1.82) is 0 Å². The van der Waals surface area contributed by atoms with Gasteiger partial charge in [0.15, 0.2) is 15.8 Å². The quantitative estimate of drug-likeness (QED) is 0.300. The third-order valence-corrected chi connectivity index (χ3v) is 6.90. The van der Waals surface area contributed by atoms with Crippen molar-refractivity contribution in [2.45, 2.75) is 37.6 Å². The monoisotopic (exact) mass is 575 g/mol. The standard InChI is InChI=1S/C22H30FN5O2S.HI/c1-3-24-22(25-13-16-31(29,30)20-9-5-4-8-19(20)23)27-18-11-14-28(15-12-18)21-10-6-7-17(2)26-21;/h4-10,18H,3,11-16H2,1-2H3,(H2,24,25,27);1H. The summed E-state index contributed by atoms with van der Waals surface area (Å²) >= 11 is 0. The molecule has 0 amide bonds. The number of anilines is 1. The number of hydrogen-bond acceptors (Lipinski definition) is 5. The number of pyridine rings is 1. The SMILES string of the molecule is CCNC(=NCCS(=O)(=O)c1ccccc1F)NC1CCN(c2cccc(C)n2)CC1.I. The van der Waals surface area contributed by atoms with E-state index in [1.54, 1.807) is 0 Å². The molecule has 10 heteroatoms. The molecule has 0 spiro atoms. The first-order valence-electron chi connectivity index (χ1n) is 10.6. The van der Waals surface area contributed by atoms with Gasteiger partial charge in [-0.15, -0.1) is 24.0 Å². The minimum Gasteiger partial charge on any atom is -0.357 e. The van der Waals surface area contributed by atoms with Crippen molar-refractivity contribution in [2.24, 2.45) is 4.99 Å². The number of aliphatic imine (C=N–C) groups is 1. The van der Waals surface area contributed by atoms with Gasteiger partial charge in [0.1, 0.15) is 16.5 Å². The molecular formula is C22H31FIN5O2S. The zero-order valence-electron chi connectivity index (χ0n) is 18.4. The van der Waals surface area contributed by atoms with Crippen LogP contribution in [0.4, 0.5) is 10.2 Å². The average Bonchev–Trinajstić information content (AvgIpc) is 2.74. The number of aromatic nitrogens is 1. The lowest BCUT2D eigenvalue weighted by Crippen LogP contribution is -2.49. The van der Waals surface area contributed by atoms with Crippen LogP contribution in [0, 0.1) is 12.7 Å². The van der Waals surface area contributed by atoms with Crippen LogP contribution in [0.25, 0.3) is 0 Å². The molecule has 2 N–H and O–H groups in total. The molecule has 0 atom stereocenters. The van der Waals surface area contributed by atoms with Crippen molar-refractivity contribution in [2.75, 3.05) is 36.8 Å². The zero-order valence-corrected chi connectivity index (χ0v) is 21.6. The number of rotatable bonds is 7. The Morgan fingerprint density at radius 2 is 1.91 bits per heavy atom. The Morgan fingerprint density at radius 3 is 2.56 bits per heavy atom.